The number of ether oxygens (including phenoxy) is 7. The first-order valence-corrected chi connectivity index (χ1v) is 62.2. The van der Waals surface area contributed by atoms with Gasteiger partial charge in [-0.25, -0.2) is 0 Å². The predicted octanol–water partition coefficient (Wildman–Crippen LogP) is 33.1. The van der Waals surface area contributed by atoms with Gasteiger partial charge in [0.05, 0.1) is 38.9 Å². The highest BCUT2D eigenvalue weighted by atomic mass is 16.6. The van der Waals surface area contributed by atoms with Gasteiger partial charge in [0.1, 0.15) is 39.2 Å². The molecule has 3 atom stereocenters. The second-order valence-electron chi connectivity index (χ2n) is 60.0. The lowest BCUT2D eigenvalue weighted by molar-refractivity contribution is -0.220. The van der Waals surface area contributed by atoms with Crippen molar-refractivity contribution < 1.29 is 66.7 Å². The molecule has 14 heteroatoms. The number of hydrogen-bond acceptors (Lipinski definition) is 14. The summed E-state index contributed by atoms with van der Waals surface area (Å²) in [6, 6.07) is 0. The summed E-state index contributed by atoms with van der Waals surface area (Å²) >= 11 is 0. The molecule has 28 fully saturated rings. The molecule has 14 nitrogen and oxygen atoms in total. The fourth-order valence-electron chi connectivity index (χ4n) is 37.8. The third-order valence-corrected chi connectivity index (χ3v) is 47.5. The number of unbranched alkanes of at least 4 members (excludes halogenated alkanes) is 2. The van der Waals surface area contributed by atoms with Crippen molar-refractivity contribution in [3.05, 3.63) is 0 Å². The molecule has 144 heavy (non-hydrogen) atoms. The average Bonchev–Trinajstić information content (AvgIpc) is 0.766. The van der Waals surface area contributed by atoms with Crippen LogP contribution in [0.5, 0.6) is 0 Å². The molecule has 28 aliphatic rings. The zero-order valence-corrected chi connectivity index (χ0v) is 97.9. The van der Waals surface area contributed by atoms with E-state index >= 15 is 0 Å². The topological polar surface area (TPSA) is 184 Å². The van der Waals surface area contributed by atoms with Gasteiger partial charge in [-0.3, -0.25) is 33.6 Å². The van der Waals surface area contributed by atoms with E-state index in [1.165, 1.54) is 250 Å². The molecule has 0 N–H and O–H groups in total. The smallest absolute Gasteiger partial charge is 0.312 e. The van der Waals surface area contributed by atoms with Crippen LogP contribution in [0.1, 0.15) is 515 Å². The maximum atomic E-state index is 12.9. The molecule has 28 bridgehead atoms. The van der Waals surface area contributed by atoms with E-state index in [1.54, 1.807) is 0 Å². The van der Waals surface area contributed by atoms with Crippen LogP contribution in [0, 0.1) is 222 Å². The van der Waals surface area contributed by atoms with Gasteiger partial charge in [0, 0.05) is 17.8 Å². The maximum Gasteiger partial charge on any atom is 0.312 e. The van der Waals surface area contributed by atoms with E-state index in [1.807, 2.05) is 83.1 Å². The minimum atomic E-state index is -0.362. The van der Waals surface area contributed by atoms with Crippen molar-refractivity contribution in [2.75, 3.05) is 0 Å². The van der Waals surface area contributed by atoms with E-state index in [2.05, 4.69) is 118 Å². The molecule has 822 valence electrons. The van der Waals surface area contributed by atoms with Crippen molar-refractivity contribution in [1.82, 2.24) is 0 Å². The lowest BCUT2D eigenvalue weighted by atomic mass is 9.48. The van der Waals surface area contributed by atoms with E-state index in [4.69, 9.17) is 33.2 Å². The van der Waals surface area contributed by atoms with Crippen molar-refractivity contribution in [3.8, 4) is 0 Å². The van der Waals surface area contributed by atoms with E-state index < -0.39 is 0 Å². The molecule has 28 rings (SSSR count). The minimum Gasteiger partial charge on any atom is -0.459 e. The summed E-state index contributed by atoms with van der Waals surface area (Å²) in [4.78, 5) is 87.7. The van der Waals surface area contributed by atoms with Gasteiger partial charge in [-0.1, -0.05) is 95.9 Å². The number of carbonyl (C=O) groups is 7. The summed E-state index contributed by atoms with van der Waals surface area (Å²) in [6.45, 7) is 60.8. The zero-order valence-electron chi connectivity index (χ0n) is 97.9. The molecule has 0 aromatic carbocycles. The number of rotatable bonds is 31. The largest absolute Gasteiger partial charge is 0.459 e. The molecule has 28 saturated carbocycles. The third kappa shape index (κ3) is 23.7. The van der Waals surface area contributed by atoms with Crippen molar-refractivity contribution in [2.45, 2.75) is 555 Å². The van der Waals surface area contributed by atoms with Gasteiger partial charge in [0.25, 0.3) is 0 Å². The Morgan fingerprint density at radius 2 is 0.493 bits per heavy atom. The summed E-state index contributed by atoms with van der Waals surface area (Å²) in [6.07, 6.45) is 61.7. The van der Waals surface area contributed by atoms with Crippen LogP contribution in [0.15, 0.2) is 0 Å². The second kappa shape index (κ2) is 44.6. The second-order valence-corrected chi connectivity index (χ2v) is 60.0. The molecule has 0 amide bonds. The molecule has 0 radical (unpaired) electrons. The quantitative estimate of drug-likeness (QED) is 0.0472. The molecule has 0 saturated heterocycles. The predicted molar refractivity (Wildman–Crippen MR) is 580 cm³/mol. The fraction of sp³-hybridized carbons (Fsp3) is 0.946. The Labute approximate surface area is 880 Å². The normalized spacial score (nSPS) is 41.3. The Hall–Kier alpha value is -3.71. The third-order valence-electron chi connectivity index (χ3n) is 47.5. The van der Waals surface area contributed by atoms with E-state index in [9.17, 15) is 33.6 Å². The van der Waals surface area contributed by atoms with Crippen LogP contribution in [-0.2, 0) is 66.7 Å². The van der Waals surface area contributed by atoms with Crippen LogP contribution < -0.4 is 0 Å². The standard InChI is InChI=1S/C22H38O2.C20H34O2.C19H32O2.2C18H30O2.C17H28O2.C16H26O2/c1-6-8-9-22(5,24-20(23)21(3,4)7-2)19-17-11-15-10-16(13-17)14-18(19)12-15;1-5-7-8-20(22-18(21)19(3,4)6-2)16-10-14-9-15(12-16)13-17(20)11-14;1-6-18(2,3)17(20)21-19(4,5)16-14-8-12-7-13(10-14)11-15(16)9-12;1-5-11(2)17(19)20-18(3,4)16-14-7-12-6-13(9-14)10-15(16)8-12;1-5-17(3,4)16(19)20-18(6-2)14-8-12-7-13(10-14)11-15(18)9-12;1-5-16(2,3)15(18)19-17(4)13-7-11-6-12(9-13)10-14(17)8-11;1-4-10(2)15(17)18-16(3)13-6-11-5-12(8-13)9-14(16)7-11/h15-19H,6-14H2,1-5H3;14-17H,5-13H2,1-4H3;12-16H,6-11H2,1-5H3;11-16H,5-10H2,1-4H3;12-15H,5-11H2,1-4H3;11-14H,5-10H2,1-4H3;10-14H,4-9H2,1-3H3. The van der Waals surface area contributed by atoms with Crippen molar-refractivity contribution >= 4 is 41.8 Å². The highest BCUT2D eigenvalue weighted by Gasteiger charge is 2.66. The van der Waals surface area contributed by atoms with Crippen LogP contribution in [0.3, 0.4) is 0 Å². The average molecular weight is 2010 g/mol. The van der Waals surface area contributed by atoms with Crippen molar-refractivity contribution in [1.29, 1.82) is 0 Å². The molecule has 0 aromatic rings. The molecular weight excluding hydrogens is 1790 g/mol. The first-order chi connectivity index (χ1) is 67.6. The fourth-order valence-corrected chi connectivity index (χ4v) is 37.8. The SMILES string of the molecule is CCC(C)(C)C(=O)OC(C)(C)C1C2CC3CC(C2)CC1C3.CCC(C)(C)C(=O)OC1(C)C2CC3CC(C2)CC1C3.CCC(C)(C)C(=O)OC1(CC)C2CC3CC(C2)CC1C3.CCC(C)C(=O)OC(C)(C)C1C2CC3CC(C2)CC1C3.CCC(C)C(=O)OC1(C)C2CC3CC(C2)CC1C3.CCCCC(C)(OC(=O)C(C)(C)CC)C1C2CC3CC(C2)CC1C3.CCCCC1(OC(=O)C(C)(C)CC)C2CC3CC(C2)CC1C3. The Morgan fingerprint density at radius 1 is 0.257 bits per heavy atom. The van der Waals surface area contributed by atoms with Crippen LogP contribution in [0.4, 0.5) is 0 Å². The van der Waals surface area contributed by atoms with Crippen LogP contribution in [-0.4, -0.2) is 81.0 Å². The van der Waals surface area contributed by atoms with Gasteiger partial charge in [-0.15, -0.1) is 0 Å². The Balaban J connectivity index is 0.000000127. The van der Waals surface area contributed by atoms with Gasteiger partial charge in [-0.05, 0) is 585 Å². The molecule has 0 spiro atoms. The van der Waals surface area contributed by atoms with Crippen LogP contribution >= 0.6 is 0 Å². The minimum absolute atomic E-state index is 0.00584. The van der Waals surface area contributed by atoms with Gasteiger partial charge in [0.2, 0.25) is 0 Å². The van der Waals surface area contributed by atoms with Gasteiger partial charge < -0.3 is 33.2 Å². The Bertz CT molecular complexity index is 4130. The van der Waals surface area contributed by atoms with Crippen LogP contribution in [0.25, 0.3) is 0 Å². The molecule has 0 aliphatic heterocycles. The summed E-state index contributed by atoms with van der Waals surface area (Å²) < 4.78 is 43.3. The number of esters is 7. The molecule has 0 heterocycles. The summed E-state index contributed by atoms with van der Waals surface area (Å²) in [5.74, 6) is 25.3. The molecular formula is C130H218O14. The van der Waals surface area contributed by atoms with Gasteiger partial charge in [-0.2, -0.15) is 0 Å². The summed E-state index contributed by atoms with van der Waals surface area (Å²) in [5, 5.41) is 0. The van der Waals surface area contributed by atoms with E-state index in [0.717, 1.165) is 183 Å². The highest BCUT2D eigenvalue weighted by Crippen LogP contribution is 2.69. The van der Waals surface area contributed by atoms with E-state index in [-0.39, 0.29) is 120 Å². The highest BCUT2D eigenvalue weighted by molar-refractivity contribution is 5.79. The Kier molecular flexibility index (Phi) is 35.4. The summed E-state index contributed by atoms with van der Waals surface area (Å²) in [5.41, 5.74) is -3.11. The first-order valence-electron chi connectivity index (χ1n) is 62.2. The van der Waals surface area contributed by atoms with Crippen molar-refractivity contribution in [3.63, 3.8) is 0 Å². The monoisotopic (exact) mass is 2000 g/mol. The Morgan fingerprint density at radius 3 is 0.778 bits per heavy atom. The molecule has 0 aromatic heterocycles. The van der Waals surface area contributed by atoms with Crippen molar-refractivity contribution in [2.24, 2.45) is 222 Å². The van der Waals surface area contributed by atoms with E-state index in [0.29, 0.717) is 65.1 Å². The number of carbonyl (C=O) groups excluding carboxylic acids is 7. The molecule has 3 unspecified atom stereocenters. The molecule has 28 aliphatic carbocycles. The first kappa shape index (κ1) is 114. The number of hydrogen-bond donors (Lipinski definition) is 0. The van der Waals surface area contributed by atoms with Gasteiger partial charge >= 0.3 is 41.8 Å². The lowest BCUT2D eigenvalue weighted by Crippen LogP contribution is -2.60. The lowest BCUT2D eigenvalue weighted by Gasteiger charge is -2.60. The summed E-state index contributed by atoms with van der Waals surface area (Å²) in [7, 11) is 0. The zero-order chi connectivity index (χ0) is 105. The van der Waals surface area contributed by atoms with Gasteiger partial charge in [0.15, 0.2) is 0 Å². The maximum absolute atomic E-state index is 12.9. The van der Waals surface area contributed by atoms with Crippen LogP contribution in [0.2, 0.25) is 0 Å².